The molecule has 0 bridgehead atoms. The van der Waals surface area contributed by atoms with Crippen LogP contribution >= 0.6 is 23.4 Å². The fraction of sp³-hybridized carbons (Fsp3) is 0.294. The number of ether oxygens (including phenoxy) is 1. The molecular weight excluding hydrogens is 302 g/mol. The Balaban J connectivity index is 2.05. The van der Waals surface area contributed by atoms with E-state index in [0.717, 1.165) is 33.4 Å². The monoisotopic (exact) mass is 321 g/mol. The zero-order valence-electron chi connectivity index (χ0n) is 12.3. The van der Waals surface area contributed by atoms with Crippen molar-refractivity contribution in [2.75, 3.05) is 7.11 Å². The summed E-state index contributed by atoms with van der Waals surface area (Å²) in [5.74, 6) is 2.66. The second-order valence-electron chi connectivity index (χ2n) is 4.94. The lowest BCUT2D eigenvalue weighted by molar-refractivity contribution is 0.411. The summed E-state index contributed by atoms with van der Waals surface area (Å²) >= 11 is 8.00. The Labute approximate surface area is 135 Å². The summed E-state index contributed by atoms with van der Waals surface area (Å²) in [6, 6.07) is 14.1. The van der Waals surface area contributed by atoms with Gasteiger partial charge in [-0.15, -0.1) is 0 Å². The van der Waals surface area contributed by atoms with Crippen molar-refractivity contribution >= 4 is 23.4 Å². The third-order valence-corrected chi connectivity index (χ3v) is 4.70. The Morgan fingerprint density at radius 1 is 1.14 bits per heavy atom. The molecule has 2 rings (SSSR count). The Kier molecular flexibility index (Phi) is 5.97. The zero-order chi connectivity index (χ0) is 15.2. The predicted octanol–water partition coefficient (Wildman–Crippen LogP) is 4.80. The number of halogens is 1. The molecule has 0 spiro atoms. The molecule has 0 heterocycles. The van der Waals surface area contributed by atoms with E-state index < -0.39 is 0 Å². The first-order valence-corrected chi connectivity index (χ1v) is 8.38. The summed E-state index contributed by atoms with van der Waals surface area (Å²) in [5, 5.41) is 0.821. The normalized spacial score (nSPS) is 12.2. The third-order valence-electron chi connectivity index (χ3n) is 3.30. The minimum Gasteiger partial charge on any atom is -0.496 e. The average molecular weight is 322 g/mol. The van der Waals surface area contributed by atoms with E-state index in [1.54, 1.807) is 7.11 Å². The molecular formula is C17H20ClNOS. The molecule has 21 heavy (non-hydrogen) atoms. The highest BCUT2D eigenvalue weighted by molar-refractivity contribution is 7.97. The minimum atomic E-state index is 0.0308. The van der Waals surface area contributed by atoms with Gasteiger partial charge in [-0.25, -0.2) is 0 Å². The molecule has 0 saturated heterocycles. The van der Waals surface area contributed by atoms with E-state index in [-0.39, 0.29) is 6.04 Å². The standard InChI is InChI=1S/C17H20ClNOS/c1-12(19)13-7-8-17(20-2)15(9-13)11-21-10-14-5-3-4-6-16(14)18/h3-9,12H,10-11,19H2,1-2H3. The first-order valence-electron chi connectivity index (χ1n) is 6.85. The molecule has 0 aliphatic heterocycles. The van der Waals surface area contributed by atoms with E-state index in [2.05, 4.69) is 12.1 Å². The topological polar surface area (TPSA) is 35.2 Å². The zero-order valence-corrected chi connectivity index (χ0v) is 13.9. The van der Waals surface area contributed by atoms with Crippen LogP contribution in [0.5, 0.6) is 5.75 Å². The predicted molar refractivity (Wildman–Crippen MR) is 92.0 cm³/mol. The van der Waals surface area contributed by atoms with Gasteiger partial charge in [-0.2, -0.15) is 11.8 Å². The highest BCUT2D eigenvalue weighted by atomic mass is 35.5. The third kappa shape index (κ3) is 4.40. The second kappa shape index (κ2) is 7.74. The van der Waals surface area contributed by atoms with Crippen molar-refractivity contribution in [2.24, 2.45) is 5.73 Å². The van der Waals surface area contributed by atoms with Crippen LogP contribution in [0, 0.1) is 0 Å². The maximum absolute atomic E-state index is 6.18. The van der Waals surface area contributed by atoms with Gasteiger partial charge >= 0.3 is 0 Å². The Morgan fingerprint density at radius 3 is 2.52 bits per heavy atom. The smallest absolute Gasteiger partial charge is 0.122 e. The maximum Gasteiger partial charge on any atom is 0.122 e. The lowest BCUT2D eigenvalue weighted by Gasteiger charge is -2.13. The van der Waals surface area contributed by atoms with E-state index in [9.17, 15) is 0 Å². The van der Waals surface area contributed by atoms with E-state index in [4.69, 9.17) is 22.1 Å². The molecule has 0 amide bonds. The molecule has 2 N–H and O–H groups in total. The van der Waals surface area contributed by atoms with Crippen molar-refractivity contribution in [3.8, 4) is 5.75 Å². The Bertz CT molecular complexity index is 601. The Hall–Kier alpha value is -1.16. The van der Waals surface area contributed by atoms with Gasteiger partial charge in [0, 0.05) is 28.1 Å². The summed E-state index contributed by atoms with van der Waals surface area (Å²) in [6.07, 6.45) is 0. The van der Waals surface area contributed by atoms with Crippen molar-refractivity contribution in [2.45, 2.75) is 24.5 Å². The average Bonchev–Trinajstić information content (AvgIpc) is 2.49. The lowest BCUT2D eigenvalue weighted by atomic mass is 10.1. The quantitative estimate of drug-likeness (QED) is 0.830. The van der Waals surface area contributed by atoms with Gasteiger partial charge in [-0.1, -0.05) is 35.9 Å². The van der Waals surface area contributed by atoms with Crippen LogP contribution in [0.15, 0.2) is 42.5 Å². The summed E-state index contributed by atoms with van der Waals surface area (Å²) in [6.45, 7) is 1.99. The molecule has 4 heteroatoms. The van der Waals surface area contributed by atoms with Crippen LogP contribution in [0.25, 0.3) is 0 Å². The van der Waals surface area contributed by atoms with Crippen molar-refractivity contribution in [3.63, 3.8) is 0 Å². The van der Waals surface area contributed by atoms with E-state index in [1.165, 1.54) is 5.56 Å². The fourth-order valence-electron chi connectivity index (χ4n) is 2.08. The largest absolute Gasteiger partial charge is 0.496 e. The highest BCUT2D eigenvalue weighted by Gasteiger charge is 2.08. The number of hydrogen-bond donors (Lipinski definition) is 1. The highest BCUT2D eigenvalue weighted by Crippen LogP contribution is 2.29. The molecule has 0 aliphatic carbocycles. The van der Waals surface area contributed by atoms with Gasteiger partial charge in [0.2, 0.25) is 0 Å². The van der Waals surface area contributed by atoms with Crippen molar-refractivity contribution in [3.05, 3.63) is 64.2 Å². The van der Waals surface area contributed by atoms with E-state index >= 15 is 0 Å². The molecule has 112 valence electrons. The molecule has 1 unspecified atom stereocenters. The molecule has 0 aliphatic rings. The summed E-state index contributed by atoms with van der Waals surface area (Å²) in [7, 11) is 1.70. The van der Waals surface area contributed by atoms with Crippen molar-refractivity contribution in [1.29, 1.82) is 0 Å². The van der Waals surface area contributed by atoms with Gasteiger partial charge < -0.3 is 10.5 Å². The molecule has 0 radical (unpaired) electrons. The minimum absolute atomic E-state index is 0.0308. The molecule has 2 aromatic rings. The Morgan fingerprint density at radius 2 is 1.86 bits per heavy atom. The summed E-state index contributed by atoms with van der Waals surface area (Å²) in [5.41, 5.74) is 9.41. The van der Waals surface area contributed by atoms with Gasteiger partial charge in [-0.3, -0.25) is 0 Å². The molecule has 1 atom stereocenters. The molecule has 0 aromatic heterocycles. The maximum atomic E-state index is 6.18. The van der Waals surface area contributed by atoms with Gasteiger partial charge in [0.15, 0.2) is 0 Å². The number of methoxy groups -OCH3 is 1. The van der Waals surface area contributed by atoms with Gasteiger partial charge in [-0.05, 0) is 36.2 Å². The summed E-state index contributed by atoms with van der Waals surface area (Å²) < 4.78 is 5.43. The lowest BCUT2D eigenvalue weighted by Crippen LogP contribution is -2.05. The molecule has 2 aromatic carbocycles. The number of rotatable bonds is 6. The van der Waals surface area contributed by atoms with Crippen LogP contribution in [-0.2, 0) is 11.5 Å². The molecule has 0 saturated carbocycles. The van der Waals surface area contributed by atoms with Crippen molar-refractivity contribution < 1.29 is 4.74 Å². The van der Waals surface area contributed by atoms with Crippen LogP contribution in [-0.4, -0.2) is 7.11 Å². The SMILES string of the molecule is COc1ccc(C(C)N)cc1CSCc1ccccc1Cl. The number of benzene rings is 2. The fourth-order valence-corrected chi connectivity index (χ4v) is 3.38. The molecule has 2 nitrogen and oxygen atoms in total. The van der Waals surface area contributed by atoms with Crippen molar-refractivity contribution in [1.82, 2.24) is 0 Å². The van der Waals surface area contributed by atoms with Crippen LogP contribution in [0.3, 0.4) is 0 Å². The first-order chi connectivity index (χ1) is 10.1. The van der Waals surface area contributed by atoms with Gasteiger partial charge in [0.05, 0.1) is 7.11 Å². The first kappa shape index (κ1) is 16.2. The van der Waals surface area contributed by atoms with E-state index in [0.29, 0.717) is 0 Å². The number of hydrogen-bond acceptors (Lipinski definition) is 3. The van der Waals surface area contributed by atoms with Crippen LogP contribution in [0.2, 0.25) is 5.02 Å². The van der Waals surface area contributed by atoms with Crippen LogP contribution in [0.4, 0.5) is 0 Å². The van der Waals surface area contributed by atoms with Gasteiger partial charge in [0.25, 0.3) is 0 Å². The number of thioether (sulfide) groups is 1. The van der Waals surface area contributed by atoms with E-state index in [1.807, 2.05) is 49.0 Å². The summed E-state index contributed by atoms with van der Waals surface area (Å²) in [4.78, 5) is 0. The second-order valence-corrected chi connectivity index (χ2v) is 6.34. The van der Waals surface area contributed by atoms with Gasteiger partial charge in [0.1, 0.15) is 5.75 Å². The molecule has 0 fully saturated rings. The van der Waals surface area contributed by atoms with Crippen LogP contribution < -0.4 is 10.5 Å². The van der Waals surface area contributed by atoms with Crippen LogP contribution in [0.1, 0.15) is 29.7 Å². The number of nitrogens with two attached hydrogens (primary N) is 1.